The highest BCUT2D eigenvalue weighted by Gasteiger charge is 2.18. The van der Waals surface area contributed by atoms with Gasteiger partial charge < -0.3 is 5.11 Å². The van der Waals surface area contributed by atoms with Crippen LogP contribution >= 0.6 is 0 Å². The topological polar surface area (TPSA) is 68.0 Å². The Hall–Kier alpha value is -2.83. The summed E-state index contributed by atoms with van der Waals surface area (Å²) in [5.74, 6) is -2.38. The molecule has 21 heavy (non-hydrogen) atoms. The normalized spacial score (nSPS) is 11.0. The summed E-state index contributed by atoms with van der Waals surface area (Å²) in [4.78, 5) is 15.0. The summed E-state index contributed by atoms with van der Waals surface area (Å²) in [6, 6.07) is 7.13. The maximum atomic E-state index is 13.7. The number of carboxylic acids is 1. The highest BCUT2D eigenvalue weighted by molar-refractivity contribution is 6.00. The zero-order valence-electron chi connectivity index (χ0n) is 10.6. The van der Waals surface area contributed by atoms with E-state index in [9.17, 15) is 13.6 Å². The van der Waals surface area contributed by atoms with Crippen molar-refractivity contribution in [3.63, 3.8) is 0 Å². The molecule has 106 valence electrons. The number of hydrogen-bond acceptors (Lipinski definition) is 3. The highest BCUT2D eigenvalue weighted by Crippen LogP contribution is 2.19. The van der Waals surface area contributed by atoms with Gasteiger partial charge in [-0.25, -0.2) is 23.2 Å². The van der Waals surface area contributed by atoms with Crippen LogP contribution in [0.1, 0.15) is 16.1 Å². The van der Waals surface area contributed by atoms with Crippen molar-refractivity contribution in [3.8, 4) is 0 Å². The average molecular weight is 289 g/mol. The van der Waals surface area contributed by atoms with Crippen molar-refractivity contribution in [1.82, 2.24) is 14.8 Å². The quantitative estimate of drug-likeness (QED) is 0.804. The molecule has 3 aromatic rings. The number of nitrogens with zero attached hydrogens (tertiary/aromatic N) is 3. The van der Waals surface area contributed by atoms with E-state index in [1.807, 2.05) is 0 Å². The Bertz CT molecular complexity index is 845. The molecule has 3 rings (SSSR count). The molecule has 2 aromatic heterocycles. The lowest BCUT2D eigenvalue weighted by Gasteiger charge is -2.04. The monoisotopic (exact) mass is 289 g/mol. The van der Waals surface area contributed by atoms with Crippen molar-refractivity contribution in [2.24, 2.45) is 0 Å². The average Bonchev–Trinajstić information content (AvgIpc) is 2.79. The van der Waals surface area contributed by atoms with Crippen molar-refractivity contribution in [2.45, 2.75) is 6.54 Å². The number of pyridine rings is 1. The van der Waals surface area contributed by atoms with Crippen LogP contribution in [0.3, 0.4) is 0 Å². The second kappa shape index (κ2) is 4.93. The molecular weight excluding hydrogens is 280 g/mol. The molecule has 0 aliphatic rings. The van der Waals surface area contributed by atoms with Gasteiger partial charge in [0.2, 0.25) is 0 Å². The van der Waals surface area contributed by atoms with Gasteiger partial charge in [0.25, 0.3) is 0 Å². The number of benzene rings is 1. The number of aromatic nitrogens is 3. The van der Waals surface area contributed by atoms with Gasteiger partial charge in [0.15, 0.2) is 11.3 Å². The maximum Gasteiger partial charge on any atom is 0.357 e. The number of rotatable bonds is 3. The Morgan fingerprint density at radius 2 is 2.05 bits per heavy atom. The van der Waals surface area contributed by atoms with Gasteiger partial charge in [-0.15, -0.1) is 0 Å². The third kappa shape index (κ3) is 2.33. The summed E-state index contributed by atoms with van der Waals surface area (Å²) >= 11 is 0. The lowest BCUT2D eigenvalue weighted by Crippen LogP contribution is -2.06. The number of hydrogen-bond donors (Lipinski definition) is 1. The Kier molecular flexibility index (Phi) is 3.09. The predicted octanol–water partition coefficient (Wildman–Crippen LogP) is 2.46. The molecule has 2 heterocycles. The summed E-state index contributed by atoms with van der Waals surface area (Å²) < 4.78 is 28.1. The van der Waals surface area contributed by atoms with Crippen LogP contribution in [0, 0.1) is 11.6 Å². The van der Waals surface area contributed by atoms with E-state index >= 15 is 0 Å². The number of carboxylic acid groups (broad SMARTS) is 1. The van der Waals surface area contributed by atoms with Crippen LogP contribution in [-0.2, 0) is 6.54 Å². The molecule has 0 unspecified atom stereocenters. The highest BCUT2D eigenvalue weighted by atomic mass is 19.1. The number of carbonyl (C=O) groups is 1. The van der Waals surface area contributed by atoms with Crippen molar-refractivity contribution in [1.29, 1.82) is 0 Å². The third-order valence-electron chi connectivity index (χ3n) is 3.03. The van der Waals surface area contributed by atoms with E-state index in [1.165, 1.54) is 10.7 Å². The van der Waals surface area contributed by atoms with Crippen LogP contribution in [0.5, 0.6) is 0 Å². The molecular formula is C14H9F2N3O2. The minimum absolute atomic E-state index is 0.00901. The van der Waals surface area contributed by atoms with Crippen molar-refractivity contribution in [3.05, 3.63) is 59.4 Å². The Morgan fingerprint density at radius 3 is 2.76 bits per heavy atom. The fraction of sp³-hybridized carbons (Fsp3) is 0.0714. The molecule has 0 saturated heterocycles. The van der Waals surface area contributed by atoms with E-state index in [-0.39, 0.29) is 23.3 Å². The first-order valence-corrected chi connectivity index (χ1v) is 6.05. The van der Waals surface area contributed by atoms with E-state index in [0.717, 1.165) is 12.3 Å². The molecule has 0 fully saturated rings. The smallest absolute Gasteiger partial charge is 0.357 e. The van der Waals surface area contributed by atoms with Gasteiger partial charge in [0.1, 0.15) is 11.6 Å². The maximum absolute atomic E-state index is 13.7. The van der Waals surface area contributed by atoms with Crippen LogP contribution in [0.4, 0.5) is 8.78 Å². The van der Waals surface area contributed by atoms with Crippen molar-refractivity contribution < 1.29 is 18.7 Å². The zero-order valence-corrected chi connectivity index (χ0v) is 10.6. The minimum Gasteiger partial charge on any atom is -0.476 e. The second-order valence-corrected chi connectivity index (χ2v) is 4.43. The van der Waals surface area contributed by atoms with Crippen molar-refractivity contribution >= 4 is 17.0 Å². The SMILES string of the molecule is O=C(O)c1nn(Cc2ccccc2F)c2ncc(F)cc12. The van der Waals surface area contributed by atoms with Gasteiger partial charge in [-0.2, -0.15) is 5.10 Å². The van der Waals surface area contributed by atoms with Gasteiger partial charge >= 0.3 is 5.97 Å². The predicted molar refractivity (Wildman–Crippen MR) is 69.9 cm³/mol. The fourth-order valence-corrected chi connectivity index (χ4v) is 2.09. The fourth-order valence-electron chi connectivity index (χ4n) is 2.09. The lowest BCUT2D eigenvalue weighted by atomic mass is 10.2. The molecule has 0 amide bonds. The molecule has 1 N–H and O–H groups in total. The summed E-state index contributed by atoms with van der Waals surface area (Å²) in [7, 11) is 0. The number of halogens is 2. The number of aromatic carboxylic acids is 1. The van der Waals surface area contributed by atoms with Crippen molar-refractivity contribution in [2.75, 3.05) is 0 Å². The largest absolute Gasteiger partial charge is 0.476 e. The van der Waals surface area contributed by atoms with Crippen LogP contribution < -0.4 is 0 Å². The molecule has 0 radical (unpaired) electrons. The van der Waals surface area contributed by atoms with Crippen LogP contribution in [0.15, 0.2) is 36.5 Å². The summed E-state index contributed by atoms with van der Waals surface area (Å²) in [5.41, 5.74) is 0.218. The molecule has 0 aliphatic carbocycles. The molecule has 0 atom stereocenters. The molecule has 0 aliphatic heterocycles. The first-order chi connectivity index (χ1) is 10.1. The second-order valence-electron chi connectivity index (χ2n) is 4.43. The van der Waals surface area contributed by atoms with Gasteiger partial charge in [0, 0.05) is 5.56 Å². The molecule has 0 bridgehead atoms. The van der Waals surface area contributed by atoms with Crippen LogP contribution in [0.25, 0.3) is 11.0 Å². The van der Waals surface area contributed by atoms with Crippen LogP contribution in [0.2, 0.25) is 0 Å². The van der Waals surface area contributed by atoms with E-state index in [1.54, 1.807) is 18.2 Å². The Labute approximate surface area is 117 Å². The minimum atomic E-state index is -1.29. The zero-order chi connectivity index (χ0) is 15.0. The van der Waals surface area contributed by atoms with Gasteiger partial charge in [-0.05, 0) is 12.1 Å². The Balaban J connectivity index is 2.15. The molecule has 0 spiro atoms. The van der Waals surface area contributed by atoms with E-state index in [0.29, 0.717) is 5.56 Å². The van der Waals surface area contributed by atoms with Crippen LogP contribution in [-0.4, -0.2) is 25.8 Å². The summed E-state index contributed by atoms with van der Waals surface area (Å²) in [6.07, 6.45) is 0.966. The molecule has 7 heteroatoms. The Morgan fingerprint density at radius 1 is 1.29 bits per heavy atom. The standard InChI is InChI=1S/C14H9F2N3O2/c15-9-5-10-12(14(20)21)18-19(13(10)17-6-9)7-8-3-1-2-4-11(8)16/h1-6H,7H2,(H,20,21). The summed E-state index contributed by atoms with van der Waals surface area (Å²) in [5, 5.41) is 13.1. The van der Waals surface area contributed by atoms with E-state index < -0.39 is 17.6 Å². The molecule has 0 saturated carbocycles. The van der Waals surface area contributed by atoms with Gasteiger partial charge in [0.05, 0.1) is 18.1 Å². The molecule has 5 nitrogen and oxygen atoms in total. The number of fused-ring (bicyclic) bond motifs is 1. The first-order valence-electron chi connectivity index (χ1n) is 6.05. The first kappa shape index (κ1) is 13.2. The van der Waals surface area contributed by atoms with Gasteiger partial charge in [-0.3, -0.25) is 0 Å². The van der Waals surface area contributed by atoms with E-state index in [4.69, 9.17) is 5.11 Å². The summed E-state index contributed by atoms with van der Waals surface area (Å²) in [6.45, 7) is 0.00901. The lowest BCUT2D eigenvalue weighted by molar-refractivity contribution is 0.0691. The molecule has 1 aromatic carbocycles. The third-order valence-corrected chi connectivity index (χ3v) is 3.03. The van der Waals surface area contributed by atoms with Gasteiger partial charge in [-0.1, -0.05) is 18.2 Å². The van der Waals surface area contributed by atoms with E-state index in [2.05, 4.69) is 10.1 Å².